The molecule has 0 radical (unpaired) electrons. The molecule has 1 aromatic rings. The van der Waals surface area contributed by atoms with Crippen molar-refractivity contribution in [1.82, 2.24) is 5.32 Å². The van der Waals surface area contributed by atoms with Crippen molar-refractivity contribution in [1.29, 1.82) is 0 Å². The van der Waals surface area contributed by atoms with E-state index in [0.29, 0.717) is 12.5 Å². The Morgan fingerprint density at radius 3 is 3.06 bits per heavy atom. The van der Waals surface area contributed by atoms with Gasteiger partial charge >= 0.3 is 0 Å². The number of rotatable bonds is 4. The van der Waals surface area contributed by atoms with E-state index in [1.807, 2.05) is 31.3 Å². The highest BCUT2D eigenvalue weighted by atomic mass is 16.5. The van der Waals surface area contributed by atoms with Crippen LogP contribution in [0.2, 0.25) is 0 Å². The van der Waals surface area contributed by atoms with Crippen molar-refractivity contribution in [2.45, 2.75) is 25.3 Å². The number of hydrogen-bond donors (Lipinski definition) is 1. The molecule has 1 unspecified atom stereocenters. The summed E-state index contributed by atoms with van der Waals surface area (Å²) in [6.45, 7) is 1.03. The van der Waals surface area contributed by atoms with Crippen molar-refractivity contribution in [2.75, 3.05) is 25.6 Å². The zero-order valence-electron chi connectivity index (χ0n) is 11.0. The summed E-state index contributed by atoms with van der Waals surface area (Å²) < 4.78 is 5.17. The Hall–Kier alpha value is -1.55. The first-order valence-corrected chi connectivity index (χ1v) is 6.34. The number of nitrogens with zero attached hydrogens (tertiary/aromatic N) is 1. The molecule has 2 rings (SSSR count). The maximum Gasteiger partial charge on any atom is 0.228 e. The molecule has 0 aromatic heterocycles. The van der Waals surface area contributed by atoms with Gasteiger partial charge in [-0.15, -0.1) is 0 Å². The first-order valence-electron chi connectivity index (χ1n) is 6.34. The highest BCUT2D eigenvalue weighted by Gasteiger charge is 2.20. The predicted molar refractivity (Wildman–Crippen MR) is 72.0 cm³/mol. The van der Waals surface area contributed by atoms with Gasteiger partial charge in [0.25, 0.3) is 0 Å². The number of nitrogens with one attached hydrogen (secondary N) is 1. The Labute approximate surface area is 108 Å². The van der Waals surface area contributed by atoms with Gasteiger partial charge < -0.3 is 15.0 Å². The zero-order chi connectivity index (χ0) is 13.0. The van der Waals surface area contributed by atoms with E-state index in [0.717, 1.165) is 24.4 Å². The molecular weight excluding hydrogens is 228 g/mol. The van der Waals surface area contributed by atoms with Crippen LogP contribution < -0.4 is 15.0 Å². The summed E-state index contributed by atoms with van der Waals surface area (Å²) in [6.07, 6.45) is 2.83. The fourth-order valence-electron chi connectivity index (χ4n) is 2.24. The molecule has 0 saturated carbocycles. The lowest BCUT2D eigenvalue weighted by Gasteiger charge is -2.20. The summed E-state index contributed by atoms with van der Waals surface area (Å²) >= 11 is 0. The number of benzene rings is 1. The van der Waals surface area contributed by atoms with Crippen LogP contribution in [-0.2, 0) is 4.79 Å². The maximum atomic E-state index is 12.1. The summed E-state index contributed by atoms with van der Waals surface area (Å²) in [5.41, 5.74) is 0.873. The predicted octanol–water partition coefficient (Wildman–Crippen LogP) is 1.80. The number of hydrogen-bond acceptors (Lipinski definition) is 3. The van der Waals surface area contributed by atoms with E-state index in [4.69, 9.17) is 4.74 Å². The van der Waals surface area contributed by atoms with E-state index < -0.39 is 0 Å². The summed E-state index contributed by atoms with van der Waals surface area (Å²) in [4.78, 5) is 13.8. The molecule has 98 valence electrons. The molecule has 0 bridgehead atoms. The average molecular weight is 248 g/mol. The molecule has 4 nitrogen and oxygen atoms in total. The Balaban J connectivity index is 2.00. The fourth-order valence-corrected chi connectivity index (χ4v) is 2.24. The van der Waals surface area contributed by atoms with Crippen LogP contribution in [0.4, 0.5) is 5.69 Å². The van der Waals surface area contributed by atoms with E-state index in [9.17, 15) is 4.79 Å². The third kappa shape index (κ3) is 3.01. The van der Waals surface area contributed by atoms with Gasteiger partial charge in [-0.2, -0.15) is 0 Å². The smallest absolute Gasteiger partial charge is 0.228 e. The monoisotopic (exact) mass is 248 g/mol. The Kier molecular flexibility index (Phi) is 4.20. The summed E-state index contributed by atoms with van der Waals surface area (Å²) in [7, 11) is 3.44. The van der Waals surface area contributed by atoms with Gasteiger partial charge in [-0.1, -0.05) is 6.07 Å². The lowest BCUT2D eigenvalue weighted by atomic mass is 10.1. The number of carbonyl (C=O) groups excluding carboxylic acids is 1. The molecule has 1 atom stereocenters. The van der Waals surface area contributed by atoms with Gasteiger partial charge in [-0.25, -0.2) is 0 Å². The second-order valence-electron chi connectivity index (χ2n) is 4.65. The highest BCUT2D eigenvalue weighted by Crippen LogP contribution is 2.21. The summed E-state index contributed by atoms with van der Waals surface area (Å²) in [6, 6.07) is 7.90. The molecule has 4 heteroatoms. The maximum absolute atomic E-state index is 12.1. The summed E-state index contributed by atoms with van der Waals surface area (Å²) in [5.74, 6) is 0.911. The Bertz CT molecular complexity index is 414. The minimum Gasteiger partial charge on any atom is -0.497 e. The molecule has 18 heavy (non-hydrogen) atoms. The highest BCUT2D eigenvalue weighted by molar-refractivity contribution is 5.93. The van der Waals surface area contributed by atoms with E-state index in [1.54, 1.807) is 12.0 Å². The molecule has 1 N–H and O–H groups in total. The third-order valence-electron chi connectivity index (χ3n) is 3.40. The van der Waals surface area contributed by atoms with Crippen LogP contribution in [0.15, 0.2) is 24.3 Å². The number of anilines is 1. The van der Waals surface area contributed by atoms with Crippen LogP contribution in [0.25, 0.3) is 0 Å². The average Bonchev–Trinajstić information content (AvgIpc) is 2.90. The van der Waals surface area contributed by atoms with E-state index >= 15 is 0 Å². The number of ether oxygens (including phenoxy) is 1. The van der Waals surface area contributed by atoms with Crippen molar-refractivity contribution in [3.8, 4) is 5.75 Å². The third-order valence-corrected chi connectivity index (χ3v) is 3.40. The van der Waals surface area contributed by atoms with Gasteiger partial charge in [0.2, 0.25) is 5.91 Å². The van der Waals surface area contributed by atoms with E-state index in [-0.39, 0.29) is 5.91 Å². The number of amides is 1. The van der Waals surface area contributed by atoms with Crippen LogP contribution in [0.1, 0.15) is 19.3 Å². The van der Waals surface area contributed by atoms with Crippen molar-refractivity contribution in [3.05, 3.63) is 24.3 Å². The molecular formula is C14H20N2O2. The lowest BCUT2D eigenvalue weighted by molar-refractivity contribution is -0.118. The molecule has 1 aliphatic heterocycles. The van der Waals surface area contributed by atoms with Gasteiger partial charge in [0.1, 0.15) is 5.75 Å². The van der Waals surface area contributed by atoms with Gasteiger partial charge in [0.15, 0.2) is 0 Å². The van der Waals surface area contributed by atoms with Gasteiger partial charge in [-0.3, -0.25) is 4.79 Å². The molecule has 0 aliphatic carbocycles. The van der Waals surface area contributed by atoms with E-state index in [2.05, 4.69) is 5.32 Å². The van der Waals surface area contributed by atoms with Gasteiger partial charge in [0.05, 0.1) is 7.11 Å². The Morgan fingerprint density at radius 2 is 2.39 bits per heavy atom. The second kappa shape index (κ2) is 5.87. The topological polar surface area (TPSA) is 41.6 Å². The Morgan fingerprint density at radius 1 is 1.56 bits per heavy atom. The second-order valence-corrected chi connectivity index (χ2v) is 4.65. The SMILES string of the molecule is COc1cccc(N(C)C(=O)CC2CCCN2)c1. The van der Waals surface area contributed by atoms with Crippen LogP contribution in [0.3, 0.4) is 0 Å². The van der Waals surface area contributed by atoms with Gasteiger partial charge in [-0.05, 0) is 31.5 Å². The molecule has 1 aliphatic rings. The van der Waals surface area contributed by atoms with E-state index in [1.165, 1.54) is 6.42 Å². The quantitative estimate of drug-likeness (QED) is 0.883. The van der Waals surface area contributed by atoms with Crippen molar-refractivity contribution in [3.63, 3.8) is 0 Å². The first kappa shape index (κ1) is 12.9. The zero-order valence-corrected chi connectivity index (χ0v) is 11.0. The van der Waals surface area contributed by atoms with Crippen molar-refractivity contribution in [2.24, 2.45) is 0 Å². The van der Waals surface area contributed by atoms with Gasteiger partial charge in [0, 0.05) is 31.3 Å². The molecule has 1 fully saturated rings. The van der Waals surface area contributed by atoms with Crippen molar-refractivity contribution >= 4 is 11.6 Å². The minimum atomic E-state index is 0.141. The molecule has 0 spiro atoms. The molecule has 1 heterocycles. The lowest BCUT2D eigenvalue weighted by Crippen LogP contribution is -2.33. The first-order chi connectivity index (χ1) is 8.70. The minimum absolute atomic E-state index is 0.141. The standard InChI is InChI=1S/C14H20N2O2/c1-16(12-6-3-7-13(10-12)18-2)14(17)9-11-5-4-8-15-11/h3,6-7,10-11,15H,4-5,8-9H2,1-2H3. The number of methoxy groups -OCH3 is 1. The van der Waals surface area contributed by atoms with Crippen LogP contribution in [0, 0.1) is 0 Å². The fraction of sp³-hybridized carbons (Fsp3) is 0.500. The normalized spacial score (nSPS) is 18.7. The van der Waals surface area contributed by atoms with Crippen LogP contribution in [0.5, 0.6) is 5.75 Å². The van der Waals surface area contributed by atoms with Crippen LogP contribution in [-0.4, -0.2) is 32.7 Å². The van der Waals surface area contributed by atoms with Crippen LogP contribution >= 0.6 is 0 Å². The molecule has 1 amide bonds. The molecule has 1 saturated heterocycles. The molecule has 1 aromatic carbocycles. The summed E-state index contributed by atoms with van der Waals surface area (Å²) in [5, 5.41) is 3.34. The largest absolute Gasteiger partial charge is 0.497 e. The van der Waals surface area contributed by atoms with Crippen molar-refractivity contribution < 1.29 is 9.53 Å². The number of carbonyl (C=O) groups is 1.